The van der Waals surface area contributed by atoms with Gasteiger partial charge in [-0.3, -0.25) is 0 Å². The fourth-order valence-corrected chi connectivity index (χ4v) is 3.12. The summed E-state index contributed by atoms with van der Waals surface area (Å²) < 4.78 is 10.5. The van der Waals surface area contributed by atoms with E-state index in [1.807, 2.05) is 33.8 Å². The lowest BCUT2D eigenvalue weighted by Gasteiger charge is -2.09. The minimum Gasteiger partial charge on any atom is -0.492 e. The smallest absolute Gasteiger partial charge is 0.249 e. The molecule has 1 aliphatic rings. The van der Waals surface area contributed by atoms with Crippen LogP contribution in [0.4, 0.5) is 0 Å². The van der Waals surface area contributed by atoms with Crippen molar-refractivity contribution in [3.05, 3.63) is 40.8 Å². The first-order valence-corrected chi connectivity index (χ1v) is 8.34. The van der Waals surface area contributed by atoms with Gasteiger partial charge in [0.1, 0.15) is 12.1 Å². The maximum Gasteiger partial charge on any atom is 0.249 e. The molecule has 0 N–H and O–H groups in total. The Morgan fingerprint density at radius 2 is 2.17 bits per heavy atom. The number of fused-ring (bicyclic) bond motifs is 3. The summed E-state index contributed by atoms with van der Waals surface area (Å²) in [5.41, 5.74) is 3.11. The summed E-state index contributed by atoms with van der Waals surface area (Å²) in [6.07, 6.45) is 4.41. The molecule has 23 heavy (non-hydrogen) atoms. The minimum absolute atomic E-state index is 0.225. The highest BCUT2D eigenvalue weighted by Gasteiger charge is 2.21. The van der Waals surface area contributed by atoms with Crippen LogP contribution in [-0.4, -0.2) is 31.2 Å². The molecular formula is C16H16BrN5O. The third-order valence-corrected chi connectivity index (χ3v) is 4.36. The van der Waals surface area contributed by atoms with E-state index in [9.17, 15) is 0 Å². The van der Waals surface area contributed by atoms with Crippen LogP contribution in [0, 0.1) is 0 Å². The second-order valence-corrected chi connectivity index (χ2v) is 6.70. The van der Waals surface area contributed by atoms with E-state index in [1.54, 1.807) is 6.33 Å². The van der Waals surface area contributed by atoms with Crippen molar-refractivity contribution < 1.29 is 4.74 Å². The standard InChI is InChI=1S/C16H16BrN5O/c1-10(2)22-16(18-9-19-22)21-8-11-5-6-23-14-7-12(17)3-4-13(14)15(11)20-21/h3-4,7-10H,5-6H2,1-2H3. The van der Waals surface area contributed by atoms with Crippen LogP contribution >= 0.6 is 15.9 Å². The van der Waals surface area contributed by atoms with Crippen molar-refractivity contribution >= 4 is 15.9 Å². The third-order valence-electron chi connectivity index (χ3n) is 3.87. The van der Waals surface area contributed by atoms with Crippen LogP contribution in [0.5, 0.6) is 5.75 Å². The molecule has 3 heterocycles. The predicted octanol–water partition coefficient (Wildman–Crippen LogP) is 3.41. The molecule has 1 aromatic carbocycles. The van der Waals surface area contributed by atoms with Crippen molar-refractivity contribution in [1.82, 2.24) is 24.5 Å². The summed E-state index contributed by atoms with van der Waals surface area (Å²) in [7, 11) is 0. The summed E-state index contributed by atoms with van der Waals surface area (Å²) >= 11 is 3.49. The highest BCUT2D eigenvalue weighted by molar-refractivity contribution is 9.10. The SMILES string of the molecule is CC(C)n1ncnc1-n1cc2c(n1)-c1ccc(Br)cc1OCC2. The Balaban J connectivity index is 1.86. The normalized spacial score (nSPS) is 13.4. The number of aromatic nitrogens is 5. The molecule has 0 radical (unpaired) electrons. The number of benzene rings is 1. The van der Waals surface area contributed by atoms with E-state index < -0.39 is 0 Å². The maximum absolute atomic E-state index is 5.85. The lowest BCUT2D eigenvalue weighted by molar-refractivity contribution is 0.326. The lowest BCUT2D eigenvalue weighted by Crippen LogP contribution is -2.11. The first-order valence-electron chi connectivity index (χ1n) is 7.54. The first-order chi connectivity index (χ1) is 11.1. The van der Waals surface area contributed by atoms with Crippen LogP contribution in [0.25, 0.3) is 17.2 Å². The summed E-state index contributed by atoms with van der Waals surface area (Å²) in [6, 6.07) is 6.25. The van der Waals surface area contributed by atoms with E-state index in [1.165, 1.54) is 0 Å². The van der Waals surface area contributed by atoms with Gasteiger partial charge in [0.05, 0.1) is 18.3 Å². The second-order valence-electron chi connectivity index (χ2n) is 5.78. The van der Waals surface area contributed by atoms with E-state index in [4.69, 9.17) is 9.84 Å². The van der Waals surface area contributed by atoms with Crippen LogP contribution in [0.15, 0.2) is 35.2 Å². The molecule has 0 unspecified atom stereocenters. The number of nitrogens with zero attached hydrogens (tertiary/aromatic N) is 5. The molecule has 118 valence electrons. The quantitative estimate of drug-likeness (QED) is 0.690. The van der Waals surface area contributed by atoms with Gasteiger partial charge >= 0.3 is 0 Å². The molecule has 3 aromatic rings. The molecule has 0 spiro atoms. The molecule has 0 amide bonds. The van der Waals surface area contributed by atoms with Gasteiger partial charge in [-0.25, -0.2) is 9.36 Å². The van der Waals surface area contributed by atoms with E-state index in [0.717, 1.165) is 39.4 Å². The van der Waals surface area contributed by atoms with Gasteiger partial charge in [0.25, 0.3) is 0 Å². The van der Waals surface area contributed by atoms with Crippen molar-refractivity contribution in [2.45, 2.75) is 26.3 Å². The average molecular weight is 374 g/mol. The van der Waals surface area contributed by atoms with E-state index in [-0.39, 0.29) is 6.04 Å². The van der Waals surface area contributed by atoms with Crippen molar-refractivity contribution in [2.75, 3.05) is 6.61 Å². The van der Waals surface area contributed by atoms with Crippen molar-refractivity contribution in [1.29, 1.82) is 0 Å². The third kappa shape index (κ3) is 2.45. The molecule has 0 saturated heterocycles. The summed E-state index contributed by atoms with van der Waals surface area (Å²) in [5.74, 6) is 1.58. The minimum atomic E-state index is 0.225. The van der Waals surface area contributed by atoms with Crippen LogP contribution in [-0.2, 0) is 6.42 Å². The maximum atomic E-state index is 5.85. The zero-order valence-electron chi connectivity index (χ0n) is 12.9. The molecule has 0 aliphatic carbocycles. The van der Waals surface area contributed by atoms with E-state index in [2.05, 4.69) is 39.9 Å². The van der Waals surface area contributed by atoms with Gasteiger partial charge in [0.2, 0.25) is 5.95 Å². The van der Waals surface area contributed by atoms with Gasteiger partial charge in [-0.2, -0.15) is 15.2 Å². The van der Waals surface area contributed by atoms with Gasteiger partial charge in [-0.15, -0.1) is 0 Å². The molecule has 6 nitrogen and oxygen atoms in total. The zero-order chi connectivity index (χ0) is 16.0. The Hall–Kier alpha value is -2.15. The van der Waals surface area contributed by atoms with Crippen molar-refractivity contribution in [2.24, 2.45) is 0 Å². The first kappa shape index (κ1) is 14.4. The Bertz CT molecular complexity index is 867. The van der Waals surface area contributed by atoms with Crippen LogP contribution in [0.1, 0.15) is 25.5 Å². The highest BCUT2D eigenvalue weighted by atomic mass is 79.9. The van der Waals surface area contributed by atoms with Crippen LogP contribution in [0.3, 0.4) is 0 Å². The van der Waals surface area contributed by atoms with Crippen molar-refractivity contribution in [3.63, 3.8) is 0 Å². The molecule has 0 fully saturated rings. The van der Waals surface area contributed by atoms with Crippen LogP contribution < -0.4 is 4.74 Å². The molecule has 2 aromatic heterocycles. The Morgan fingerprint density at radius 1 is 1.30 bits per heavy atom. The number of hydrogen-bond acceptors (Lipinski definition) is 4. The predicted molar refractivity (Wildman–Crippen MR) is 89.9 cm³/mol. The molecule has 0 bridgehead atoms. The number of hydrogen-bond donors (Lipinski definition) is 0. The Morgan fingerprint density at radius 3 is 3.00 bits per heavy atom. The van der Waals surface area contributed by atoms with Gasteiger partial charge in [0.15, 0.2) is 0 Å². The molecular weight excluding hydrogens is 358 g/mol. The summed E-state index contributed by atoms with van der Waals surface area (Å²) in [4.78, 5) is 4.36. The fraction of sp³-hybridized carbons (Fsp3) is 0.312. The Kier molecular flexibility index (Phi) is 3.45. The molecule has 7 heteroatoms. The second kappa shape index (κ2) is 5.49. The fourth-order valence-electron chi connectivity index (χ4n) is 2.78. The monoisotopic (exact) mass is 373 g/mol. The van der Waals surface area contributed by atoms with Crippen molar-refractivity contribution in [3.8, 4) is 23.0 Å². The van der Waals surface area contributed by atoms with Gasteiger partial charge in [0, 0.05) is 28.2 Å². The van der Waals surface area contributed by atoms with Crippen LogP contribution in [0.2, 0.25) is 0 Å². The topological polar surface area (TPSA) is 57.8 Å². The summed E-state index contributed by atoms with van der Waals surface area (Å²) in [5, 5.41) is 9.05. The lowest BCUT2D eigenvalue weighted by atomic mass is 10.1. The molecule has 0 saturated carbocycles. The zero-order valence-corrected chi connectivity index (χ0v) is 14.5. The molecule has 4 rings (SSSR count). The highest BCUT2D eigenvalue weighted by Crippen LogP contribution is 2.36. The number of rotatable bonds is 2. The largest absolute Gasteiger partial charge is 0.492 e. The van der Waals surface area contributed by atoms with Gasteiger partial charge < -0.3 is 4.74 Å². The molecule has 0 atom stereocenters. The Labute approximate surface area is 142 Å². The van der Waals surface area contributed by atoms with E-state index in [0.29, 0.717) is 6.61 Å². The number of halogens is 1. The summed E-state index contributed by atoms with van der Waals surface area (Å²) in [6.45, 7) is 4.79. The number of ether oxygens (including phenoxy) is 1. The molecule has 1 aliphatic heterocycles. The van der Waals surface area contributed by atoms with E-state index >= 15 is 0 Å². The van der Waals surface area contributed by atoms with Gasteiger partial charge in [-0.05, 0) is 32.0 Å². The van der Waals surface area contributed by atoms with Gasteiger partial charge in [-0.1, -0.05) is 15.9 Å². The average Bonchev–Trinajstić information content (AvgIpc) is 3.11.